The van der Waals surface area contributed by atoms with E-state index in [0.29, 0.717) is 23.9 Å². The van der Waals surface area contributed by atoms with Crippen LogP contribution >= 0.6 is 71.8 Å². The second kappa shape index (κ2) is 10.4. The van der Waals surface area contributed by atoms with Gasteiger partial charge >= 0.3 is 0 Å². The van der Waals surface area contributed by atoms with Crippen LogP contribution in [-0.4, -0.2) is 27.6 Å². The van der Waals surface area contributed by atoms with Crippen LogP contribution in [0.15, 0.2) is 72.4 Å². The number of halogens is 3. The Hall–Kier alpha value is -1.26. The summed E-state index contributed by atoms with van der Waals surface area (Å²) in [6.45, 7) is 1.77. The number of nitrogens with zero attached hydrogens (tertiary/aromatic N) is 1. The lowest BCUT2D eigenvalue weighted by atomic mass is 10.1. The van der Waals surface area contributed by atoms with Gasteiger partial charge < -0.3 is 5.32 Å². The van der Waals surface area contributed by atoms with Crippen LogP contribution in [0.25, 0.3) is 6.08 Å². The van der Waals surface area contributed by atoms with Gasteiger partial charge in [-0.2, -0.15) is 0 Å². The first-order valence-electron chi connectivity index (χ1n) is 8.67. The third kappa shape index (κ3) is 5.91. The number of amides is 2. The van der Waals surface area contributed by atoms with Crippen molar-refractivity contribution < 1.29 is 9.59 Å². The second-order valence-corrected chi connectivity index (χ2v) is 10.7. The van der Waals surface area contributed by atoms with Gasteiger partial charge in [-0.15, -0.1) is 0 Å². The van der Waals surface area contributed by atoms with Gasteiger partial charge in [-0.25, -0.2) is 0 Å². The molecule has 2 amide bonds. The van der Waals surface area contributed by atoms with Gasteiger partial charge in [0.15, 0.2) is 0 Å². The quantitative estimate of drug-likeness (QED) is 0.293. The molecule has 0 bridgehead atoms. The molecule has 0 atom stereocenters. The third-order valence-electron chi connectivity index (χ3n) is 4.00. The molecule has 1 saturated heterocycles. The molecule has 0 aliphatic carbocycles. The number of rotatable bonds is 5. The third-order valence-corrected chi connectivity index (χ3v) is 7.09. The van der Waals surface area contributed by atoms with E-state index < -0.39 is 0 Å². The van der Waals surface area contributed by atoms with Crippen molar-refractivity contribution in [2.75, 3.05) is 11.9 Å². The summed E-state index contributed by atoms with van der Waals surface area (Å²) in [4.78, 5) is 27.2. The highest BCUT2D eigenvalue weighted by Crippen LogP contribution is 2.35. The van der Waals surface area contributed by atoms with E-state index in [4.69, 9.17) is 12.2 Å². The molecule has 0 radical (unpaired) electrons. The minimum absolute atomic E-state index is 0.154. The van der Waals surface area contributed by atoms with E-state index in [1.807, 2.05) is 55.5 Å². The Morgan fingerprint density at radius 2 is 1.80 bits per heavy atom. The van der Waals surface area contributed by atoms with Crippen LogP contribution in [0.2, 0.25) is 0 Å². The fourth-order valence-corrected chi connectivity index (χ4v) is 6.44. The van der Waals surface area contributed by atoms with E-state index in [0.717, 1.165) is 15.6 Å². The van der Waals surface area contributed by atoms with Crippen LogP contribution in [0.5, 0.6) is 0 Å². The molecule has 0 spiro atoms. The van der Waals surface area contributed by atoms with Crippen LogP contribution in [0, 0.1) is 0 Å². The number of benzene rings is 2. The molecule has 1 aliphatic heterocycles. The maximum atomic E-state index is 12.8. The standard InChI is InChI=1S/C21H15Br3N2O2S2/c1-12(7-13-5-3-2-4-6-13)8-17-20(28)26(21(29)30-17)11-18(27)25-19-15(23)9-14(22)10-16(19)24/h2-10H,11H2,1H3,(H,25,27)/b12-7+,17-8-. The molecule has 1 N–H and O–H groups in total. The van der Waals surface area contributed by atoms with Crippen molar-refractivity contribution in [1.82, 2.24) is 4.90 Å². The molecule has 0 saturated carbocycles. The summed E-state index contributed by atoms with van der Waals surface area (Å²) in [7, 11) is 0. The van der Waals surface area contributed by atoms with Gasteiger partial charge in [0, 0.05) is 13.4 Å². The number of hydrogen-bond donors (Lipinski definition) is 1. The first-order chi connectivity index (χ1) is 14.2. The zero-order valence-electron chi connectivity index (χ0n) is 15.6. The van der Waals surface area contributed by atoms with Gasteiger partial charge in [0.25, 0.3) is 5.91 Å². The molecule has 2 aromatic carbocycles. The lowest BCUT2D eigenvalue weighted by molar-refractivity contribution is -0.126. The summed E-state index contributed by atoms with van der Waals surface area (Å²) in [5, 5.41) is 2.81. The summed E-state index contributed by atoms with van der Waals surface area (Å²) in [5.74, 6) is -0.609. The summed E-state index contributed by atoms with van der Waals surface area (Å²) < 4.78 is 2.65. The highest BCUT2D eigenvalue weighted by atomic mass is 79.9. The van der Waals surface area contributed by atoms with Gasteiger partial charge in [-0.1, -0.05) is 76.3 Å². The van der Waals surface area contributed by atoms with Crippen LogP contribution in [0.4, 0.5) is 5.69 Å². The molecular formula is C21H15Br3N2O2S2. The second-order valence-electron chi connectivity index (χ2n) is 6.36. The summed E-state index contributed by atoms with van der Waals surface area (Å²) in [6.07, 6.45) is 3.79. The molecule has 1 fully saturated rings. The number of carbonyl (C=O) groups excluding carboxylic acids is 2. The Labute approximate surface area is 209 Å². The topological polar surface area (TPSA) is 49.4 Å². The molecule has 2 aromatic rings. The van der Waals surface area contributed by atoms with E-state index in [1.54, 1.807) is 6.08 Å². The molecule has 0 unspecified atom stereocenters. The molecule has 3 rings (SSSR count). The summed E-state index contributed by atoms with van der Waals surface area (Å²) in [5.41, 5.74) is 2.56. The zero-order chi connectivity index (χ0) is 21.8. The molecule has 9 heteroatoms. The van der Waals surface area contributed by atoms with Crippen LogP contribution in [0.3, 0.4) is 0 Å². The maximum absolute atomic E-state index is 12.8. The lowest BCUT2D eigenvalue weighted by Crippen LogP contribution is -2.36. The number of anilines is 1. The van der Waals surface area contributed by atoms with E-state index in [1.165, 1.54) is 16.7 Å². The Balaban J connectivity index is 1.71. The number of nitrogens with one attached hydrogen (secondary N) is 1. The normalized spacial score (nSPS) is 15.8. The SMILES string of the molecule is CC(/C=C1\SC(=S)N(CC(=O)Nc2c(Br)cc(Br)cc2Br)C1=O)=C\c1ccccc1. The van der Waals surface area contributed by atoms with Crippen molar-refractivity contribution in [2.45, 2.75) is 6.92 Å². The average molecular weight is 631 g/mol. The fourth-order valence-electron chi connectivity index (χ4n) is 2.68. The minimum Gasteiger partial charge on any atom is -0.323 e. The maximum Gasteiger partial charge on any atom is 0.266 e. The Kier molecular flexibility index (Phi) is 8.09. The fraction of sp³-hybridized carbons (Fsp3) is 0.0952. The van der Waals surface area contributed by atoms with Gasteiger partial charge in [0.2, 0.25) is 5.91 Å². The highest BCUT2D eigenvalue weighted by Gasteiger charge is 2.33. The molecule has 154 valence electrons. The van der Waals surface area contributed by atoms with E-state index in [9.17, 15) is 9.59 Å². The molecular weight excluding hydrogens is 616 g/mol. The molecule has 4 nitrogen and oxygen atoms in total. The van der Waals surface area contributed by atoms with Crippen molar-refractivity contribution >= 4 is 99.7 Å². The predicted octanol–water partition coefficient (Wildman–Crippen LogP) is 6.76. The van der Waals surface area contributed by atoms with Crippen molar-refractivity contribution in [2.24, 2.45) is 0 Å². The van der Waals surface area contributed by atoms with Crippen LogP contribution in [-0.2, 0) is 9.59 Å². The lowest BCUT2D eigenvalue weighted by Gasteiger charge is -2.15. The largest absolute Gasteiger partial charge is 0.323 e. The first-order valence-corrected chi connectivity index (χ1v) is 12.3. The van der Waals surface area contributed by atoms with Gasteiger partial charge in [-0.3, -0.25) is 14.5 Å². The van der Waals surface area contributed by atoms with Crippen molar-refractivity contribution in [3.05, 3.63) is 78.0 Å². The number of thioether (sulfide) groups is 1. The monoisotopic (exact) mass is 628 g/mol. The van der Waals surface area contributed by atoms with Gasteiger partial charge in [-0.05, 0) is 68.1 Å². The highest BCUT2D eigenvalue weighted by molar-refractivity contribution is 9.11. The number of thiocarbonyl (C=S) groups is 1. The van der Waals surface area contributed by atoms with Gasteiger partial charge in [0.1, 0.15) is 10.9 Å². The molecule has 30 heavy (non-hydrogen) atoms. The van der Waals surface area contributed by atoms with Gasteiger partial charge in [0.05, 0.1) is 10.6 Å². The Morgan fingerprint density at radius 3 is 2.43 bits per heavy atom. The van der Waals surface area contributed by atoms with E-state index >= 15 is 0 Å². The Morgan fingerprint density at radius 1 is 1.17 bits per heavy atom. The number of hydrogen-bond acceptors (Lipinski definition) is 4. The van der Waals surface area contributed by atoms with E-state index in [-0.39, 0.29) is 18.4 Å². The minimum atomic E-state index is -0.340. The molecule has 1 heterocycles. The van der Waals surface area contributed by atoms with Crippen LogP contribution < -0.4 is 5.32 Å². The average Bonchev–Trinajstić information content (AvgIpc) is 2.92. The van der Waals surface area contributed by atoms with E-state index in [2.05, 4.69) is 53.1 Å². The zero-order valence-corrected chi connectivity index (χ0v) is 22.0. The Bertz CT molecular complexity index is 1060. The number of allylic oxidation sites excluding steroid dienone is 2. The molecule has 0 aromatic heterocycles. The van der Waals surface area contributed by atoms with Crippen LogP contribution in [0.1, 0.15) is 12.5 Å². The van der Waals surface area contributed by atoms with Crippen molar-refractivity contribution in [3.63, 3.8) is 0 Å². The smallest absolute Gasteiger partial charge is 0.266 e. The first kappa shape index (κ1) is 23.4. The molecule has 1 aliphatic rings. The summed E-state index contributed by atoms with van der Waals surface area (Å²) in [6, 6.07) is 13.5. The number of carbonyl (C=O) groups is 2. The summed E-state index contributed by atoms with van der Waals surface area (Å²) >= 11 is 16.8. The van der Waals surface area contributed by atoms with Crippen molar-refractivity contribution in [1.29, 1.82) is 0 Å². The van der Waals surface area contributed by atoms with Crippen molar-refractivity contribution in [3.8, 4) is 0 Å². The predicted molar refractivity (Wildman–Crippen MR) is 138 cm³/mol.